The third-order valence-electron chi connectivity index (χ3n) is 3.96. The zero-order valence-electron chi connectivity index (χ0n) is 12.0. The van der Waals surface area contributed by atoms with E-state index in [0.717, 1.165) is 19.6 Å². The van der Waals surface area contributed by atoms with Gasteiger partial charge in [-0.15, -0.1) is 0 Å². The minimum atomic E-state index is -0.553. The number of amides is 1. The molecule has 1 aromatic heterocycles. The predicted octanol–water partition coefficient (Wildman–Crippen LogP) is 0.577. The van der Waals surface area contributed by atoms with Crippen molar-refractivity contribution in [2.75, 3.05) is 19.7 Å². The molecular weight excluding hydrogens is 284 g/mol. The summed E-state index contributed by atoms with van der Waals surface area (Å²) in [5.41, 5.74) is 0. The molecule has 0 saturated carbocycles. The summed E-state index contributed by atoms with van der Waals surface area (Å²) >= 11 is 0. The number of rotatable bonds is 3. The average molecular weight is 300 g/mol. The molecule has 1 fully saturated rings. The Morgan fingerprint density at radius 2 is 2.09 bits per heavy atom. The van der Waals surface area contributed by atoms with Crippen molar-refractivity contribution in [3.63, 3.8) is 0 Å². The van der Waals surface area contributed by atoms with Crippen molar-refractivity contribution >= 4 is 5.91 Å². The Morgan fingerprint density at radius 3 is 2.86 bits per heavy atom. The molecule has 1 amide bonds. The fraction of sp³-hybridized carbons (Fsp3) is 0.400. The van der Waals surface area contributed by atoms with Crippen LogP contribution in [0.1, 0.15) is 0 Å². The van der Waals surface area contributed by atoms with Gasteiger partial charge < -0.3 is 14.4 Å². The van der Waals surface area contributed by atoms with E-state index in [1.54, 1.807) is 11.0 Å². The van der Waals surface area contributed by atoms with Crippen molar-refractivity contribution in [1.82, 2.24) is 19.7 Å². The number of carbonyl (C=O) groups excluding carboxylic acids is 1. The Morgan fingerprint density at radius 1 is 1.27 bits per heavy atom. The van der Waals surface area contributed by atoms with Crippen LogP contribution in [0.4, 0.5) is 0 Å². The van der Waals surface area contributed by atoms with E-state index in [1.807, 2.05) is 29.2 Å². The van der Waals surface area contributed by atoms with Crippen LogP contribution in [0.3, 0.4) is 0 Å². The summed E-state index contributed by atoms with van der Waals surface area (Å²) in [5.74, 6) is 1.73. The topological polar surface area (TPSA) is 69.5 Å². The number of likely N-dealkylation sites (tertiary alicyclic amines) is 1. The Kier molecular flexibility index (Phi) is 3.17. The van der Waals surface area contributed by atoms with E-state index in [4.69, 9.17) is 9.47 Å². The number of fused-ring (bicyclic) bond motifs is 1. The summed E-state index contributed by atoms with van der Waals surface area (Å²) in [6, 6.07) is 7.41. The number of hydrogen-bond donors (Lipinski definition) is 0. The van der Waals surface area contributed by atoms with Crippen LogP contribution in [0.15, 0.2) is 36.9 Å². The first kappa shape index (κ1) is 13.1. The maximum atomic E-state index is 12.4. The molecule has 22 heavy (non-hydrogen) atoms. The zero-order valence-corrected chi connectivity index (χ0v) is 12.0. The van der Waals surface area contributed by atoms with Crippen molar-refractivity contribution in [2.24, 2.45) is 5.92 Å². The van der Waals surface area contributed by atoms with E-state index >= 15 is 0 Å². The number of para-hydroxylation sites is 2. The Bertz CT molecular complexity index is 667. The third kappa shape index (κ3) is 2.38. The summed E-state index contributed by atoms with van der Waals surface area (Å²) in [6.07, 6.45) is 2.66. The first-order valence-electron chi connectivity index (χ1n) is 7.29. The largest absolute Gasteiger partial charge is 0.485 e. The molecule has 2 aliphatic rings. The molecule has 0 spiro atoms. The van der Waals surface area contributed by atoms with Gasteiger partial charge in [-0.25, -0.2) is 4.98 Å². The van der Waals surface area contributed by atoms with Gasteiger partial charge in [0.1, 0.15) is 19.3 Å². The van der Waals surface area contributed by atoms with E-state index in [2.05, 4.69) is 10.1 Å². The van der Waals surface area contributed by atoms with E-state index in [0.29, 0.717) is 17.4 Å². The van der Waals surface area contributed by atoms with Crippen LogP contribution < -0.4 is 9.47 Å². The number of aromatic nitrogens is 3. The summed E-state index contributed by atoms with van der Waals surface area (Å²) in [7, 11) is 0. The third-order valence-corrected chi connectivity index (χ3v) is 3.96. The molecule has 1 aromatic carbocycles. The molecule has 3 heterocycles. The number of ether oxygens (including phenoxy) is 2. The summed E-state index contributed by atoms with van der Waals surface area (Å²) in [5, 5.41) is 4.08. The molecule has 4 rings (SSSR count). The number of carbonyl (C=O) groups is 1. The highest BCUT2D eigenvalue weighted by molar-refractivity contribution is 5.82. The quantitative estimate of drug-likeness (QED) is 0.829. The van der Waals surface area contributed by atoms with E-state index in [9.17, 15) is 4.79 Å². The highest BCUT2D eigenvalue weighted by atomic mass is 16.6. The molecule has 0 radical (unpaired) electrons. The van der Waals surface area contributed by atoms with Crippen LogP contribution >= 0.6 is 0 Å². The lowest BCUT2D eigenvalue weighted by molar-refractivity contribution is -0.148. The van der Waals surface area contributed by atoms with Crippen molar-refractivity contribution in [3.8, 4) is 11.5 Å². The minimum absolute atomic E-state index is 0.00987. The summed E-state index contributed by atoms with van der Waals surface area (Å²) in [4.78, 5) is 18.2. The van der Waals surface area contributed by atoms with Crippen molar-refractivity contribution < 1.29 is 14.3 Å². The first-order chi connectivity index (χ1) is 10.8. The lowest BCUT2D eigenvalue weighted by atomic mass is 9.99. The minimum Gasteiger partial charge on any atom is -0.485 e. The molecule has 0 bridgehead atoms. The molecule has 1 saturated heterocycles. The smallest absolute Gasteiger partial charge is 0.267 e. The van der Waals surface area contributed by atoms with Crippen LogP contribution in [0.5, 0.6) is 11.5 Å². The first-order valence-corrected chi connectivity index (χ1v) is 7.29. The second-order valence-corrected chi connectivity index (χ2v) is 5.59. The fourth-order valence-electron chi connectivity index (χ4n) is 2.80. The second kappa shape index (κ2) is 5.32. The van der Waals surface area contributed by atoms with Crippen molar-refractivity contribution in [3.05, 3.63) is 36.9 Å². The van der Waals surface area contributed by atoms with E-state index in [-0.39, 0.29) is 12.5 Å². The van der Waals surface area contributed by atoms with Gasteiger partial charge in [-0.3, -0.25) is 9.48 Å². The maximum absolute atomic E-state index is 12.4. The monoisotopic (exact) mass is 300 g/mol. The van der Waals surface area contributed by atoms with Crippen LogP contribution in [0.25, 0.3) is 0 Å². The van der Waals surface area contributed by atoms with E-state index in [1.165, 1.54) is 6.33 Å². The molecule has 114 valence electrons. The van der Waals surface area contributed by atoms with Crippen LogP contribution in [0, 0.1) is 5.92 Å². The van der Waals surface area contributed by atoms with Gasteiger partial charge in [-0.2, -0.15) is 5.10 Å². The molecule has 7 heteroatoms. The van der Waals surface area contributed by atoms with Crippen LogP contribution in [-0.4, -0.2) is 51.4 Å². The predicted molar refractivity (Wildman–Crippen MR) is 76.4 cm³/mol. The summed E-state index contributed by atoms with van der Waals surface area (Å²) in [6.45, 7) is 2.50. The van der Waals surface area contributed by atoms with Gasteiger partial charge in [0.15, 0.2) is 11.5 Å². The molecule has 0 aliphatic carbocycles. The van der Waals surface area contributed by atoms with Gasteiger partial charge in [0.2, 0.25) is 6.10 Å². The highest BCUT2D eigenvalue weighted by Gasteiger charge is 2.37. The van der Waals surface area contributed by atoms with Gasteiger partial charge in [0.05, 0.1) is 0 Å². The average Bonchev–Trinajstić information content (AvgIpc) is 3.02. The molecular formula is C15H16N4O3. The maximum Gasteiger partial charge on any atom is 0.267 e. The van der Waals surface area contributed by atoms with E-state index < -0.39 is 6.10 Å². The molecule has 0 N–H and O–H groups in total. The molecule has 1 unspecified atom stereocenters. The Labute approximate surface area is 127 Å². The summed E-state index contributed by atoms with van der Waals surface area (Å²) < 4.78 is 13.1. The van der Waals surface area contributed by atoms with Gasteiger partial charge in [0.25, 0.3) is 5.91 Å². The lowest BCUT2D eigenvalue weighted by Crippen LogP contribution is -2.57. The van der Waals surface area contributed by atoms with Crippen LogP contribution in [0.2, 0.25) is 0 Å². The highest BCUT2D eigenvalue weighted by Crippen LogP contribution is 2.32. The van der Waals surface area contributed by atoms with Crippen LogP contribution in [-0.2, 0) is 11.3 Å². The molecule has 2 aromatic rings. The van der Waals surface area contributed by atoms with Crippen molar-refractivity contribution in [2.45, 2.75) is 12.6 Å². The fourth-order valence-corrected chi connectivity index (χ4v) is 2.80. The van der Waals surface area contributed by atoms with Gasteiger partial charge in [0, 0.05) is 25.6 Å². The Balaban J connectivity index is 1.33. The second-order valence-electron chi connectivity index (χ2n) is 5.59. The lowest BCUT2D eigenvalue weighted by Gasteiger charge is -2.41. The van der Waals surface area contributed by atoms with Crippen molar-refractivity contribution in [1.29, 1.82) is 0 Å². The van der Waals surface area contributed by atoms with Gasteiger partial charge in [-0.05, 0) is 12.1 Å². The zero-order chi connectivity index (χ0) is 14.9. The number of nitrogens with zero attached hydrogens (tertiary/aromatic N) is 4. The van der Waals surface area contributed by atoms with Gasteiger partial charge in [-0.1, -0.05) is 12.1 Å². The SMILES string of the molecule is O=C(C1COc2ccccc2O1)N1CC(Cn2cncn2)C1. The van der Waals surface area contributed by atoms with Gasteiger partial charge >= 0.3 is 0 Å². The molecule has 1 atom stereocenters. The normalized spacial score (nSPS) is 20.5. The Hall–Kier alpha value is -2.57. The molecule has 2 aliphatic heterocycles. The number of hydrogen-bond acceptors (Lipinski definition) is 5. The number of benzene rings is 1. The molecule has 7 nitrogen and oxygen atoms in total. The standard InChI is InChI=1S/C15H16N4O3/c20-15(14-8-21-12-3-1-2-4-13(12)22-14)18-5-11(6-18)7-19-10-16-9-17-19/h1-4,9-11,14H,5-8H2.